The number of amides is 1. The molecular weight excluding hydrogens is 474 g/mol. The molecule has 2 aromatic rings. The standard InChI is InChI=1S/C20H20ClF4N3O3S/c1-13(19(29)26-18-6-5-14(21)11-17(18)20(23,24)25)27-7-9-28(10-8-27)32(30,31)16-4-2-3-15(22)12-16/h2-6,11-13H,7-10H2,1H3,(H,26,29). The third-order valence-corrected chi connectivity index (χ3v) is 7.31. The number of benzene rings is 2. The number of alkyl halides is 3. The molecular formula is C20H20ClF4N3O3S. The molecule has 174 valence electrons. The molecule has 0 aromatic heterocycles. The fourth-order valence-corrected chi connectivity index (χ4v) is 5.00. The van der Waals surface area contributed by atoms with Gasteiger partial charge in [0.1, 0.15) is 5.82 Å². The summed E-state index contributed by atoms with van der Waals surface area (Å²) in [5.74, 6) is -1.34. The van der Waals surface area contributed by atoms with Crippen molar-refractivity contribution in [3.8, 4) is 0 Å². The van der Waals surface area contributed by atoms with Gasteiger partial charge in [-0.3, -0.25) is 9.69 Å². The van der Waals surface area contributed by atoms with Gasteiger partial charge in [0.25, 0.3) is 0 Å². The summed E-state index contributed by atoms with van der Waals surface area (Å²) in [5, 5.41) is 2.17. The van der Waals surface area contributed by atoms with Crippen molar-refractivity contribution in [1.82, 2.24) is 9.21 Å². The first-order valence-corrected chi connectivity index (χ1v) is 11.4. The number of piperazine rings is 1. The lowest BCUT2D eigenvalue weighted by Gasteiger charge is -2.36. The van der Waals surface area contributed by atoms with Gasteiger partial charge in [-0.15, -0.1) is 0 Å². The number of carbonyl (C=O) groups is 1. The van der Waals surface area contributed by atoms with E-state index >= 15 is 0 Å². The Bertz CT molecular complexity index is 1100. The minimum atomic E-state index is -4.70. The number of nitrogens with one attached hydrogen (secondary N) is 1. The van der Waals surface area contributed by atoms with Crippen LogP contribution >= 0.6 is 11.6 Å². The molecule has 0 spiro atoms. The highest BCUT2D eigenvalue weighted by Gasteiger charge is 2.36. The highest BCUT2D eigenvalue weighted by molar-refractivity contribution is 7.89. The van der Waals surface area contributed by atoms with E-state index in [0.29, 0.717) is 0 Å². The van der Waals surface area contributed by atoms with Crippen molar-refractivity contribution in [2.45, 2.75) is 24.0 Å². The summed E-state index contributed by atoms with van der Waals surface area (Å²) in [6.07, 6.45) is -4.70. The summed E-state index contributed by atoms with van der Waals surface area (Å²) >= 11 is 5.65. The summed E-state index contributed by atoms with van der Waals surface area (Å²) in [5.41, 5.74) is -1.47. The van der Waals surface area contributed by atoms with Gasteiger partial charge >= 0.3 is 6.18 Å². The van der Waals surface area contributed by atoms with Gasteiger partial charge in [0, 0.05) is 31.2 Å². The molecule has 1 unspecified atom stereocenters. The highest BCUT2D eigenvalue weighted by atomic mass is 35.5. The van der Waals surface area contributed by atoms with Crippen molar-refractivity contribution in [1.29, 1.82) is 0 Å². The summed E-state index contributed by atoms with van der Waals surface area (Å²) in [4.78, 5) is 14.1. The average molecular weight is 494 g/mol. The third kappa shape index (κ3) is 5.40. The van der Waals surface area contributed by atoms with Gasteiger partial charge in [-0.25, -0.2) is 12.8 Å². The van der Waals surface area contributed by atoms with Crippen LogP contribution in [0.5, 0.6) is 0 Å². The van der Waals surface area contributed by atoms with Gasteiger partial charge in [-0.05, 0) is 43.3 Å². The summed E-state index contributed by atoms with van der Waals surface area (Å²) in [6.45, 7) is 1.97. The Hall–Kier alpha value is -2.21. The molecule has 0 aliphatic carbocycles. The Morgan fingerprint density at radius 2 is 1.75 bits per heavy atom. The van der Waals surface area contributed by atoms with Gasteiger partial charge < -0.3 is 5.32 Å². The molecule has 1 saturated heterocycles. The quantitative estimate of drug-likeness (QED) is 0.643. The summed E-state index contributed by atoms with van der Waals surface area (Å²) < 4.78 is 79.7. The van der Waals surface area contributed by atoms with Gasteiger partial charge in [0.05, 0.1) is 22.2 Å². The Kier molecular flexibility index (Phi) is 7.13. The van der Waals surface area contributed by atoms with Gasteiger partial charge in [0.15, 0.2) is 0 Å². The zero-order valence-corrected chi connectivity index (χ0v) is 18.4. The molecule has 1 aliphatic rings. The molecule has 1 amide bonds. The van der Waals surface area contributed by atoms with Crippen LogP contribution in [0.1, 0.15) is 12.5 Å². The summed E-state index contributed by atoms with van der Waals surface area (Å²) in [6, 6.07) is 6.92. The second-order valence-corrected chi connectivity index (χ2v) is 9.62. The predicted molar refractivity (Wildman–Crippen MR) is 111 cm³/mol. The highest BCUT2D eigenvalue weighted by Crippen LogP contribution is 2.36. The SMILES string of the molecule is CC(C(=O)Nc1ccc(Cl)cc1C(F)(F)F)N1CCN(S(=O)(=O)c2cccc(F)c2)CC1. The summed E-state index contributed by atoms with van der Waals surface area (Å²) in [7, 11) is -3.90. The Morgan fingerprint density at radius 1 is 1.09 bits per heavy atom. The number of hydrogen-bond acceptors (Lipinski definition) is 4. The number of carbonyl (C=O) groups excluding carboxylic acids is 1. The minimum absolute atomic E-state index is 0.0468. The van der Waals surface area contributed by atoms with E-state index in [1.54, 1.807) is 4.90 Å². The van der Waals surface area contributed by atoms with Crippen molar-refractivity contribution in [3.63, 3.8) is 0 Å². The van der Waals surface area contributed by atoms with E-state index in [0.717, 1.165) is 24.3 Å². The first kappa shape index (κ1) is 24.4. The zero-order chi connectivity index (χ0) is 23.7. The van der Waals surface area contributed by atoms with Crippen LogP contribution in [-0.4, -0.2) is 55.8 Å². The molecule has 0 saturated carbocycles. The topological polar surface area (TPSA) is 69.7 Å². The van der Waals surface area contributed by atoms with Crippen LogP contribution in [0.2, 0.25) is 5.02 Å². The maximum Gasteiger partial charge on any atom is 0.418 e. The van der Waals surface area contributed by atoms with E-state index < -0.39 is 45.2 Å². The van der Waals surface area contributed by atoms with Gasteiger partial charge in [-0.1, -0.05) is 17.7 Å². The van der Waals surface area contributed by atoms with E-state index in [1.807, 2.05) is 0 Å². The number of halogens is 5. The average Bonchev–Trinajstić information content (AvgIpc) is 2.73. The molecule has 32 heavy (non-hydrogen) atoms. The molecule has 12 heteroatoms. The molecule has 1 N–H and O–H groups in total. The van der Waals surface area contributed by atoms with Crippen LogP contribution in [0.15, 0.2) is 47.4 Å². The molecule has 2 aromatic carbocycles. The van der Waals surface area contributed by atoms with E-state index in [1.165, 1.54) is 29.4 Å². The van der Waals surface area contributed by atoms with E-state index in [-0.39, 0.29) is 36.1 Å². The van der Waals surface area contributed by atoms with Crippen molar-refractivity contribution in [2.75, 3.05) is 31.5 Å². The van der Waals surface area contributed by atoms with Crippen molar-refractivity contribution in [2.24, 2.45) is 0 Å². The van der Waals surface area contributed by atoms with Crippen LogP contribution in [-0.2, 0) is 21.0 Å². The second-order valence-electron chi connectivity index (χ2n) is 7.25. The Labute approximate surface area is 187 Å². The minimum Gasteiger partial charge on any atom is -0.324 e. The molecule has 1 atom stereocenters. The van der Waals surface area contributed by atoms with Gasteiger partial charge in [-0.2, -0.15) is 17.5 Å². The predicted octanol–water partition coefficient (Wildman–Crippen LogP) is 3.83. The van der Waals surface area contributed by atoms with E-state index in [2.05, 4.69) is 5.32 Å². The zero-order valence-electron chi connectivity index (χ0n) is 16.9. The number of rotatable bonds is 5. The van der Waals surface area contributed by atoms with Gasteiger partial charge in [0.2, 0.25) is 15.9 Å². The molecule has 1 aliphatic heterocycles. The monoisotopic (exact) mass is 493 g/mol. The lowest BCUT2D eigenvalue weighted by molar-refractivity contribution is -0.137. The molecule has 0 radical (unpaired) electrons. The van der Waals surface area contributed by atoms with E-state index in [4.69, 9.17) is 11.6 Å². The maximum atomic E-state index is 13.4. The van der Waals surface area contributed by atoms with Crippen LogP contribution in [0.3, 0.4) is 0 Å². The molecule has 1 heterocycles. The lowest BCUT2D eigenvalue weighted by atomic mass is 10.1. The number of sulfonamides is 1. The number of anilines is 1. The number of nitrogens with zero attached hydrogens (tertiary/aromatic N) is 2. The third-order valence-electron chi connectivity index (χ3n) is 5.18. The first-order chi connectivity index (χ1) is 14.9. The van der Waals surface area contributed by atoms with Crippen molar-refractivity contribution >= 4 is 33.2 Å². The molecule has 6 nitrogen and oxygen atoms in total. The Morgan fingerprint density at radius 3 is 2.34 bits per heavy atom. The van der Waals surface area contributed by atoms with Crippen LogP contribution in [0.4, 0.5) is 23.2 Å². The van der Waals surface area contributed by atoms with Crippen LogP contribution < -0.4 is 5.32 Å². The lowest BCUT2D eigenvalue weighted by Crippen LogP contribution is -2.54. The molecule has 0 bridgehead atoms. The molecule has 1 fully saturated rings. The van der Waals surface area contributed by atoms with E-state index in [9.17, 15) is 30.8 Å². The maximum absolute atomic E-state index is 13.4. The normalized spacial score (nSPS) is 17.2. The molecule has 3 rings (SSSR count). The van der Waals surface area contributed by atoms with Crippen molar-refractivity contribution < 1.29 is 30.8 Å². The number of hydrogen-bond donors (Lipinski definition) is 1. The second kappa shape index (κ2) is 9.34. The van der Waals surface area contributed by atoms with Crippen LogP contribution in [0.25, 0.3) is 0 Å². The first-order valence-electron chi connectivity index (χ1n) is 9.57. The van der Waals surface area contributed by atoms with Crippen molar-refractivity contribution in [3.05, 3.63) is 58.9 Å². The van der Waals surface area contributed by atoms with Crippen LogP contribution in [0, 0.1) is 5.82 Å². The fraction of sp³-hybridized carbons (Fsp3) is 0.350. The largest absolute Gasteiger partial charge is 0.418 e. The fourth-order valence-electron chi connectivity index (χ4n) is 3.37. The smallest absolute Gasteiger partial charge is 0.324 e. The Balaban J connectivity index is 1.66.